The first-order valence-corrected chi connectivity index (χ1v) is 10.5. The van der Waals surface area contributed by atoms with Crippen molar-refractivity contribution >= 4 is 22.9 Å². The van der Waals surface area contributed by atoms with Crippen LogP contribution in [0, 0.1) is 6.92 Å². The molecule has 1 amide bonds. The second-order valence-corrected chi connectivity index (χ2v) is 8.26. The lowest BCUT2D eigenvalue weighted by atomic mass is 10.2. The zero-order valence-electron chi connectivity index (χ0n) is 16.4. The van der Waals surface area contributed by atoms with Gasteiger partial charge in [-0.15, -0.1) is 10.2 Å². The van der Waals surface area contributed by atoms with Crippen molar-refractivity contribution < 1.29 is 4.79 Å². The summed E-state index contributed by atoms with van der Waals surface area (Å²) in [6.07, 6.45) is 1.84. The lowest BCUT2D eigenvalue weighted by Gasteiger charge is -2.33. The maximum Gasteiger partial charge on any atom is 0.286 e. The molecule has 4 rings (SSSR count). The number of hydrogen-bond donors (Lipinski definition) is 1. The first kappa shape index (κ1) is 19.6. The summed E-state index contributed by atoms with van der Waals surface area (Å²) in [5.74, 6) is -0.210. The molecule has 0 aliphatic carbocycles. The molecule has 1 saturated heterocycles. The van der Waals surface area contributed by atoms with E-state index in [0.29, 0.717) is 5.01 Å². The molecule has 0 spiro atoms. The van der Waals surface area contributed by atoms with Gasteiger partial charge >= 0.3 is 0 Å². The Morgan fingerprint density at radius 2 is 1.72 bits per heavy atom. The van der Waals surface area contributed by atoms with E-state index < -0.39 is 0 Å². The van der Waals surface area contributed by atoms with E-state index in [4.69, 9.17) is 0 Å². The number of benzene rings is 1. The minimum atomic E-state index is -0.210. The van der Waals surface area contributed by atoms with Gasteiger partial charge in [0.15, 0.2) is 0 Å². The van der Waals surface area contributed by atoms with Crippen molar-refractivity contribution in [2.75, 3.05) is 31.5 Å². The fraction of sp³-hybridized carbons (Fsp3) is 0.333. The molecular weight excluding hydrogens is 384 g/mol. The molecule has 1 aliphatic heterocycles. The third-order valence-electron chi connectivity index (χ3n) is 4.91. The molecule has 1 N–H and O–H groups in total. The van der Waals surface area contributed by atoms with Crippen molar-refractivity contribution in [3.05, 3.63) is 69.9 Å². The first-order valence-electron chi connectivity index (χ1n) is 9.71. The van der Waals surface area contributed by atoms with Crippen LogP contribution in [0.5, 0.6) is 0 Å². The molecule has 150 valence electrons. The van der Waals surface area contributed by atoms with Gasteiger partial charge in [-0.3, -0.25) is 19.6 Å². The van der Waals surface area contributed by atoms with E-state index in [0.717, 1.165) is 61.2 Å². The van der Waals surface area contributed by atoms with Crippen molar-refractivity contribution in [2.45, 2.75) is 20.0 Å². The van der Waals surface area contributed by atoms with Crippen molar-refractivity contribution in [1.29, 1.82) is 0 Å². The lowest BCUT2D eigenvalue weighted by Crippen LogP contribution is -2.45. The summed E-state index contributed by atoms with van der Waals surface area (Å²) in [4.78, 5) is 21.6. The molecule has 0 unspecified atom stereocenters. The third-order valence-corrected chi connectivity index (χ3v) is 5.81. The molecule has 0 saturated carbocycles. The highest BCUT2D eigenvalue weighted by molar-refractivity contribution is 7.13. The van der Waals surface area contributed by atoms with Crippen LogP contribution in [0.25, 0.3) is 0 Å². The van der Waals surface area contributed by atoms with Crippen LogP contribution < -0.4 is 5.32 Å². The molecule has 3 heterocycles. The second kappa shape index (κ2) is 9.21. The highest BCUT2D eigenvalue weighted by atomic mass is 32.1. The number of nitrogens with zero attached hydrogens (tertiary/aromatic N) is 5. The van der Waals surface area contributed by atoms with Gasteiger partial charge in [-0.25, -0.2) is 0 Å². The van der Waals surface area contributed by atoms with Gasteiger partial charge in [0.05, 0.1) is 12.2 Å². The van der Waals surface area contributed by atoms with Crippen LogP contribution in [0.1, 0.15) is 26.1 Å². The number of piperazine rings is 1. The number of aryl methyl sites for hydroxylation is 1. The van der Waals surface area contributed by atoms with Gasteiger partial charge in [-0.1, -0.05) is 35.1 Å². The van der Waals surface area contributed by atoms with E-state index in [-0.39, 0.29) is 5.91 Å². The maximum absolute atomic E-state index is 12.4. The van der Waals surface area contributed by atoms with Crippen molar-refractivity contribution in [3.63, 3.8) is 0 Å². The Kier molecular flexibility index (Phi) is 6.24. The quantitative estimate of drug-likeness (QED) is 0.676. The second-order valence-electron chi connectivity index (χ2n) is 7.19. The molecule has 3 aromatic rings. The van der Waals surface area contributed by atoms with Gasteiger partial charge in [0.2, 0.25) is 5.01 Å². The monoisotopic (exact) mass is 408 g/mol. The summed E-state index contributed by atoms with van der Waals surface area (Å²) in [5.41, 5.74) is 3.03. The molecular formula is C21H24N6OS. The average molecular weight is 409 g/mol. The van der Waals surface area contributed by atoms with Crippen molar-refractivity contribution in [1.82, 2.24) is 25.0 Å². The van der Waals surface area contributed by atoms with Crippen LogP contribution in [-0.4, -0.2) is 57.1 Å². The molecule has 1 aromatic carbocycles. The summed E-state index contributed by atoms with van der Waals surface area (Å²) in [6, 6.07) is 13.7. The third kappa shape index (κ3) is 5.44. The zero-order chi connectivity index (χ0) is 20.1. The van der Waals surface area contributed by atoms with Gasteiger partial charge in [-0.05, 0) is 31.2 Å². The zero-order valence-corrected chi connectivity index (χ0v) is 17.2. The smallest absolute Gasteiger partial charge is 0.286 e. The van der Waals surface area contributed by atoms with Crippen molar-refractivity contribution in [3.8, 4) is 0 Å². The van der Waals surface area contributed by atoms with E-state index in [1.54, 1.807) is 0 Å². The molecule has 1 aliphatic rings. The lowest BCUT2D eigenvalue weighted by molar-refractivity contribution is 0.102. The van der Waals surface area contributed by atoms with E-state index in [2.05, 4.69) is 36.4 Å². The first-order chi connectivity index (χ1) is 14.2. The number of amides is 1. The van der Waals surface area contributed by atoms with Crippen LogP contribution in [0.2, 0.25) is 0 Å². The molecule has 29 heavy (non-hydrogen) atoms. The number of hydrogen-bond acceptors (Lipinski definition) is 7. The van der Waals surface area contributed by atoms with Gasteiger partial charge in [0.1, 0.15) is 5.01 Å². The van der Waals surface area contributed by atoms with E-state index in [1.807, 2.05) is 49.5 Å². The van der Waals surface area contributed by atoms with Gasteiger partial charge < -0.3 is 5.32 Å². The van der Waals surface area contributed by atoms with Crippen LogP contribution in [0.4, 0.5) is 5.69 Å². The standard InChI is InChI=1S/C21H24N6OS/c1-16-5-7-17(8-6-16)23-20(28)21-25-24-19(29-21)15-27-12-10-26(11-13-27)14-18-4-2-3-9-22-18/h2-9H,10-15H2,1H3,(H,23,28). The van der Waals surface area contributed by atoms with Crippen LogP contribution in [0.15, 0.2) is 48.7 Å². The largest absolute Gasteiger partial charge is 0.320 e. The number of nitrogens with one attached hydrogen (secondary N) is 1. The van der Waals surface area contributed by atoms with Crippen molar-refractivity contribution in [2.24, 2.45) is 0 Å². The summed E-state index contributed by atoms with van der Waals surface area (Å²) in [7, 11) is 0. The van der Waals surface area contributed by atoms with Gasteiger partial charge in [-0.2, -0.15) is 0 Å². The number of aromatic nitrogens is 3. The number of carbonyl (C=O) groups excluding carboxylic acids is 1. The molecule has 0 radical (unpaired) electrons. The summed E-state index contributed by atoms with van der Waals surface area (Å²) < 4.78 is 0. The fourth-order valence-electron chi connectivity index (χ4n) is 3.25. The van der Waals surface area contributed by atoms with Gasteiger partial charge in [0.25, 0.3) is 5.91 Å². The van der Waals surface area contributed by atoms with Crippen LogP contribution in [0.3, 0.4) is 0 Å². The molecule has 7 nitrogen and oxygen atoms in total. The average Bonchev–Trinajstić information content (AvgIpc) is 3.21. The summed E-state index contributed by atoms with van der Waals surface area (Å²) >= 11 is 1.36. The molecule has 0 bridgehead atoms. The Labute approximate surface area is 174 Å². The Morgan fingerprint density at radius 1 is 1.00 bits per heavy atom. The van der Waals surface area contributed by atoms with E-state index >= 15 is 0 Å². The predicted molar refractivity (Wildman–Crippen MR) is 114 cm³/mol. The molecule has 8 heteroatoms. The Bertz CT molecular complexity index is 935. The molecule has 2 aromatic heterocycles. The number of rotatable bonds is 6. The van der Waals surface area contributed by atoms with Gasteiger partial charge in [0, 0.05) is 44.6 Å². The normalized spacial score (nSPS) is 15.3. The van der Waals surface area contributed by atoms with E-state index in [9.17, 15) is 4.79 Å². The highest BCUT2D eigenvalue weighted by Gasteiger charge is 2.20. The summed E-state index contributed by atoms with van der Waals surface area (Å²) in [6.45, 7) is 7.56. The van der Waals surface area contributed by atoms with Crippen LogP contribution in [-0.2, 0) is 13.1 Å². The minimum Gasteiger partial charge on any atom is -0.320 e. The topological polar surface area (TPSA) is 74.2 Å². The Morgan fingerprint density at radius 3 is 2.41 bits per heavy atom. The maximum atomic E-state index is 12.4. The number of pyridine rings is 1. The highest BCUT2D eigenvalue weighted by Crippen LogP contribution is 2.17. The van der Waals surface area contributed by atoms with Crippen LogP contribution >= 0.6 is 11.3 Å². The minimum absolute atomic E-state index is 0.210. The number of anilines is 1. The van der Waals surface area contributed by atoms with E-state index in [1.165, 1.54) is 11.3 Å². The molecule has 1 fully saturated rings. The Hall–Kier alpha value is -2.68. The summed E-state index contributed by atoms with van der Waals surface area (Å²) in [5, 5.41) is 12.4. The predicted octanol–water partition coefficient (Wildman–Crippen LogP) is 2.81. The number of carbonyl (C=O) groups is 1. The fourth-order valence-corrected chi connectivity index (χ4v) is 4.03. The Balaban J connectivity index is 1.26. The molecule has 0 atom stereocenters. The SMILES string of the molecule is Cc1ccc(NC(=O)c2nnc(CN3CCN(Cc4ccccn4)CC3)s2)cc1.